The van der Waals surface area contributed by atoms with Crippen LogP contribution in [0.2, 0.25) is 10.0 Å². The topological polar surface area (TPSA) is 113 Å². The second-order valence-electron chi connectivity index (χ2n) is 10.5. The highest BCUT2D eigenvalue weighted by atomic mass is 35.5. The highest BCUT2D eigenvalue weighted by molar-refractivity contribution is 6.39. The standard InChI is InChI=1S/C32H33Cl2F2N7O2/c1-45-32-20(17-38-18-21-7-9-26(44)41-21)6-8-24(43-32)22-11-15-39-30(28(22)34)23-4-2-5-25(27(23)33)42-31-29(36)19(10-14-40-31)16-37-13-3-12-35/h2,4-6,8,10-11,14-15,21,37-38H,3,7,9,12-13,16-18H2,1H3,(H,40,42)(H,41,44). The third-order valence-electron chi connectivity index (χ3n) is 7.37. The summed E-state index contributed by atoms with van der Waals surface area (Å²) in [6.45, 7) is 1.40. The van der Waals surface area contributed by atoms with E-state index < -0.39 is 12.5 Å². The van der Waals surface area contributed by atoms with Crippen molar-refractivity contribution in [2.24, 2.45) is 0 Å². The lowest BCUT2D eigenvalue weighted by atomic mass is 10.1. The molecule has 0 radical (unpaired) electrons. The highest BCUT2D eigenvalue weighted by Gasteiger charge is 2.21. The first kappa shape index (κ1) is 32.5. The molecule has 5 rings (SSSR count). The number of carbonyl (C=O) groups excluding carboxylic acids is 1. The number of rotatable bonds is 14. The van der Waals surface area contributed by atoms with Crippen LogP contribution in [-0.4, -0.2) is 53.8 Å². The number of halogens is 4. The first-order valence-electron chi connectivity index (χ1n) is 14.5. The molecule has 9 nitrogen and oxygen atoms in total. The van der Waals surface area contributed by atoms with Gasteiger partial charge in [0.05, 0.1) is 40.9 Å². The fourth-order valence-electron chi connectivity index (χ4n) is 5.03. The average molecular weight is 657 g/mol. The molecule has 0 aliphatic carbocycles. The molecule has 1 amide bonds. The number of aromatic nitrogens is 3. The normalized spacial score (nSPS) is 14.4. The zero-order chi connectivity index (χ0) is 31.8. The van der Waals surface area contributed by atoms with Crippen LogP contribution in [0.15, 0.2) is 54.9 Å². The molecule has 1 unspecified atom stereocenters. The number of amides is 1. The predicted molar refractivity (Wildman–Crippen MR) is 172 cm³/mol. The lowest BCUT2D eigenvalue weighted by Crippen LogP contribution is -2.35. The van der Waals surface area contributed by atoms with Gasteiger partial charge in [0.15, 0.2) is 11.6 Å². The highest BCUT2D eigenvalue weighted by Crippen LogP contribution is 2.40. The summed E-state index contributed by atoms with van der Waals surface area (Å²) in [6, 6.07) is 12.5. The van der Waals surface area contributed by atoms with Crippen LogP contribution in [0.5, 0.6) is 5.88 Å². The van der Waals surface area contributed by atoms with E-state index in [-0.39, 0.29) is 29.3 Å². The Labute approximate surface area is 270 Å². The van der Waals surface area contributed by atoms with E-state index in [4.69, 9.17) is 32.9 Å². The lowest BCUT2D eigenvalue weighted by Gasteiger charge is -2.16. The van der Waals surface area contributed by atoms with Crippen LogP contribution in [0.4, 0.5) is 20.3 Å². The van der Waals surface area contributed by atoms with Crippen LogP contribution in [0, 0.1) is 5.82 Å². The van der Waals surface area contributed by atoms with Crippen molar-refractivity contribution in [3.63, 3.8) is 0 Å². The molecule has 45 heavy (non-hydrogen) atoms. The molecule has 1 aliphatic rings. The van der Waals surface area contributed by atoms with Gasteiger partial charge in [-0.05, 0) is 43.7 Å². The summed E-state index contributed by atoms with van der Waals surface area (Å²) in [4.78, 5) is 24.8. The van der Waals surface area contributed by atoms with Crippen molar-refractivity contribution in [3.8, 4) is 28.4 Å². The smallest absolute Gasteiger partial charge is 0.220 e. The summed E-state index contributed by atoms with van der Waals surface area (Å²) in [5, 5.41) is 12.9. The average Bonchev–Trinajstić information content (AvgIpc) is 3.47. The van der Waals surface area contributed by atoms with Gasteiger partial charge >= 0.3 is 0 Å². The molecule has 1 saturated heterocycles. The molecule has 1 aromatic carbocycles. The molecule has 0 saturated carbocycles. The number of alkyl halides is 1. The van der Waals surface area contributed by atoms with E-state index in [2.05, 4.69) is 31.2 Å². The number of ether oxygens (including phenoxy) is 1. The van der Waals surface area contributed by atoms with E-state index in [1.165, 1.54) is 6.20 Å². The minimum absolute atomic E-state index is 0.00511. The van der Waals surface area contributed by atoms with Gasteiger partial charge in [-0.3, -0.25) is 14.2 Å². The molecule has 4 N–H and O–H groups in total. The number of hydrogen-bond donors (Lipinski definition) is 4. The van der Waals surface area contributed by atoms with Crippen LogP contribution in [0.1, 0.15) is 30.4 Å². The van der Waals surface area contributed by atoms with Gasteiger partial charge in [0.1, 0.15) is 0 Å². The molecule has 1 fully saturated rings. The molecule has 4 heterocycles. The number of anilines is 2. The zero-order valence-electron chi connectivity index (χ0n) is 24.6. The third kappa shape index (κ3) is 7.85. The monoisotopic (exact) mass is 655 g/mol. The summed E-state index contributed by atoms with van der Waals surface area (Å²) < 4.78 is 33.2. The van der Waals surface area contributed by atoms with Crippen LogP contribution < -0.4 is 26.0 Å². The second-order valence-corrected chi connectivity index (χ2v) is 11.2. The van der Waals surface area contributed by atoms with Gasteiger partial charge in [0.2, 0.25) is 11.8 Å². The van der Waals surface area contributed by atoms with Gasteiger partial charge in [0.25, 0.3) is 0 Å². The molecule has 236 valence electrons. The molecular weight excluding hydrogens is 623 g/mol. The zero-order valence-corrected chi connectivity index (χ0v) is 26.1. The Morgan fingerprint density at radius 3 is 2.60 bits per heavy atom. The molecule has 4 aromatic rings. The van der Waals surface area contributed by atoms with Crippen molar-refractivity contribution in [1.82, 2.24) is 30.9 Å². The van der Waals surface area contributed by atoms with Crippen molar-refractivity contribution in [1.29, 1.82) is 0 Å². The molecular formula is C32H33Cl2F2N7O2. The van der Waals surface area contributed by atoms with E-state index >= 15 is 4.39 Å². The first-order chi connectivity index (χ1) is 21.9. The van der Waals surface area contributed by atoms with Gasteiger partial charge in [-0.25, -0.2) is 14.4 Å². The molecule has 1 aliphatic heterocycles. The maximum atomic E-state index is 15.2. The van der Waals surface area contributed by atoms with E-state index in [1.807, 2.05) is 12.1 Å². The Balaban J connectivity index is 1.35. The minimum atomic E-state index is -0.533. The summed E-state index contributed by atoms with van der Waals surface area (Å²) in [7, 11) is 1.56. The number of nitrogens with zero attached hydrogens (tertiary/aromatic N) is 3. The van der Waals surface area contributed by atoms with Crippen LogP contribution >= 0.6 is 23.2 Å². The molecule has 13 heteroatoms. The van der Waals surface area contributed by atoms with Gasteiger partial charge in [-0.1, -0.05) is 41.4 Å². The Hall–Kier alpha value is -3.90. The van der Waals surface area contributed by atoms with Gasteiger partial charge < -0.3 is 26.0 Å². The maximum Gasteiger partial charge on any atom is 0.220 e. The van der Waals surface area contributed by atoms with Crippen LogP contribution in [0.3, 0.4) is 0 Å². The van der Waals surface area contributed by atoms with Crippen molar-refractivity contribution < 1.29 is 18.3 Å². The van der Waals surface area contributed by atoms with Gasteiger partial charge in [0, 0.05) is 66.7 Å². The first-order valence-corrected chi connectivity index (χ1v) is 15.3. The van der Waals surface area contributed by atoms with E-state index in [1.54, 1.807) is 43.6 Å². The number of methoxy groups -OCH3 is 1. The Morgan fingerprint density at radius 1 is 1.00 bits per heavy atom. The molecule has 1 atom stereocenters. The van der Waals surface area contributed by atoms with Crippen molar-refractivity contribution >= 4 is 40.6 Å². The second kappa shape index (κ2) is 15.4. The van der Waals surface area contributed by atoms with Gasteiger partial charge in [-0.15, -0.1) is 0 Å². The molecule has 0 spiro atoms. The summed E-state index contributed by atoms with van der Waals surface area (Å²) >= 11 is 13.7. The molecule has 3 aromatic heterocycles. The summed E-state index contributed by atoms with van der Waals surface area (Å²) in [6.07, 6.45) is 4.84. The summed E-state index contributed by atoms with van der Waals surface area (Å²) in [5.74, 6) is -0.00139. The SMILES string of the molecule is COc1nc(-c2ccnc(-c3cccc(Nc4nccc(CNCCCF)c4F)c3Cl)c2Cl)ccc1CNCC1CCC(=O)N1. The van der Waals surface area contributed by atoms with Crippen molar-refractivity contribution in [3.05, 3.63) is 81.8 Å². The Kier molecular flexibility index (Phi) is 11.1. The van der Waals surface area contributed by atoms with Crippen LogP contribution in [-0.2, 0) is 17.9 Å². The predicted octanol–water partition coefficient (Wildman–Crippen LogP) is 6.22. The quantitative estimate of drug-likeness (QED) is 0.118. The Morgan fingerprint density at radius 2 is 1.82 bits per heavy atom. The van der Waals surface area contributed by atoms with Gasteiger partial charge in [-0.2, -0.15) is 0 Å². The molecule has 0 bridgehead atoms. The fraction of sp³-hybridized carbons (Fsp3) is 0.312. The largest absolute Gasteiger partial charge is 0.481 e. The number of benzene rings is 1. The van der Waals surface area contributed by atoms with Crippen LogP contribution in [0.25, 0.3) is 22.5 Å². The third-order valence-corrected chi connectivity index (χ3v) is 8.16. The van der Waals surface area contributed by atoms with E-state index in [0.29, 0.717) is 77.1 Å². The Bertz CT molecular complexity index is 1660. The summed E-state index contributed by atoms with van der Waals surface area (Å²) in [5.41, 5.74) is 3.84. The van der Waals surface area contributed by atoms with E-state index in [0.717, 1.165) is 12.0 Å². The number of hydrogen-bond acceptors (Lipinski definition) is 8. The minimum Gasteiger partial charge on any atom is -0.481 e. The number of pyridine rings is 3. The lowest BCUT2D eigenvalue weighted by molar-refractivity contribution is -0.119. The van der Waals surface area contributed by atoms with Crippen molar-refractivity contribution in [2.45, 2.75) is 38.4 Å². The number of nitrogens with one attached hydrogen (secondary N) is 4. The number of carbonyl (C=O) groups is 1. The fourth-order valence-corrected chi connectivity index (χ4v) is 5.61. The van der Waals surface area contributed by atoms with Crippen molar-refractivity contribution in [2.75, 3.05) is 32.2 Å². The van der Waals surface area contributed by atoms with E-state index in [9.17, 15) is 9.18 Å². The maximum absolute atomic E-state index is 15.2.